The van der Waals surface area contributed by atoms with E-state index in [2.05, 4.69) is 22.0 Å². The first-order valence-electron chi connectivity index (χ1n) is 9.63. The van der Waals surface area contributed by atoms with Crippen molar-refractivity contribution in [2.75, 3.05) is 13.1 Å². The average Bonchev–Trinajstić information content (AvgIpc) is 2.69. The van der Waals surface area contributed by atoms with E-state index in [4.69, 9.17) is 4.74 Å². The van der Waals surface area contributed by atoms with Crippen LogP contribution in [0.5, 0.6) is 0 Å². The van der Waals surface area contributed by atoms with Gasteiger partial charge in [0, 0.05) is 30.4 Å². The Hall–Kier alpha value is -2.39. The Kier molecular flexibility index (Phi) is 6.28. The maximum absolute atomic E-state index is 13.4. The number of benzene rings is 2. The number of carbonyl (C=O) groups excluding carboxylic acids is 1. The number of ether oxygens (including phenoxy) is 1. The third kappa shape index (κ3) is 5.16. The van der Waals surface area contributed by atoms with Crippen molar-refractivity contribution in [2.24, 2.45) is 5.41 Å². The van der Waals surface area contributed by atoms with E-state index in [0.717, 1.165) is 22.0 Å². The predicted molar refractivity (Wildman–Crippen MR) is 113 cm³/mol. The summed E-state index contributed by atoms with van der Waals surface area (Å²) in [5.41, 5.74) is 0.247. The number of hydrogen-bond acceptors (Lipinski definition) is 3. The van der Waals surface area contributed by atoms with Gasteiger partial charge in [-0.3, -0.25) is 0 Å². The molecule has 152 valence electrons. The second-order valence-corrected chi connectivity index (χ2v) is 9.07. The van der Waals surface area contributed by atoms with Gasteiger partial charge in [-0.2, -0.15) is 5.26 Å². The zero-order valence-corrected chi connectivity index (χ0v) is 18.2. The second kappa shape index (κ2) is 8.54. The average molecular weight is 459 g/mol. The second-order valence-electron chi connectivity index (χ2n) is 8.16. The largest absolute Gasteiger partial charge is 0.438 e. The first kappa shape index (κ1) is 21.3. The first-order chi connectivity index (χ1) is 13.7. The van der Waals surface area contributed by atoms with E-state index >= 15 is 0 Å². The van der Waals surface area contributed by atoms with Crippen molar-refractivity contribution in [1.29, 1.82) is 5.26 Å². The van der Waals surface area contributed by atoms with Crippen LogP contribution in [0.1, 0.15) is 37.8 Å². The highest BCUT2D eigenvalue weighted by molar-refractivity contribution is 9.10. The molecule has 2 aromatic rings. The molecule has 0 aromatic heterocycles. The summed E-state index contributed by atoms with van der Waals surface area (Å²) >= 11 is 3.42. The monoisotopic (exact) mass is 458 g/mol. The predicted octanol–water partition coefficient (Wildman–Crippen LogP) is 5.81. The van der Waals surface area contributed by atoms with E-state index in [9.17, 15) is 14.4 Å². The Morgan fingerprint density at radius 3 is 2.45 bits per heavy atom. The molecule has 1 amide bonds. The molecule has 29 heavy (non-hydrogen) atoms. The fourth-order valence-corrected chi connectivity index (χ4v) is 4.01. The Bertz CT molecular complexity index is 906. The van der Waals surface area contributed by atoms with Crippen molar-refractivity contribution in [3.63, 3.8) is 0 Å². The molecule has 1 aliphatic heterocycles. The summed E-state index contributed by atoms with van der Waals surface area (Å²) in [6.45, 7) is 4.73. The summed E-state index contributed by atoms with van der Waals surface area (Å²) in [6, 6.07) is 16.3. The molecule has 1 fully saturated rings. The third-order valence-electron chi connectivity index (χ3n) is 5.31. The van der Waals surface area contributed by atoms with Crippen LogP contribution in [0.4, 0.5) is 9.18 Å². The third-order valence-corrected chi connectivity index (χ3v) is 5.84. The molecule has 0 saturated carbocycles. The summed E-state index contributed by atoms with van der Waals surface area (Å²) in [7, 11) is 0. The van der Waals surface area contributed by atoms with Gasteiger partial charge in [-0.15, -0.1) is 0 Å². The molecular formula is C23H24BrFN2O2. The first-order valence-corrected chi connectivity index (χ1v) is 10.4. The van der Waals surface area contributed by atoms with Gasteiger partial charge in [0.05, 0.1) is 11.5 Å². The minimum atomic E-state index is -0.932. The van der Waals surface area contributed by atoms with Crippen LogP contribution in [-0.2, 0) is 16.8 Å². The Balaban J connectivity index is 1.76. The van der Waals surface area contributed by atoms with Gasteiger partial charge in [0.25, 0.3) is 0 Å². The van der Waals surface area contributed by atoms with E-state index in [-0.39, 0.29) is 5.82 Å². The SMILES string of the molecule is CC(C)(C#N)C[C@]1(c2ccc(F)cc2)CCN(CCc2ccc(Br)cc2)C(=O)O1. The van der Waals surface area contributed by atoms with Gasteiger partial charge in [-0.1, -0.05) is 40.2 Å². The van der Waals surface area contributed by atoms with Crippen LogP contribution in [0.15, 0.2) is 53.0 Å². The number of hydrogen-bond donors (Lipinski definition) is 0. The summed E-state index contributed by atoms with van der Waals surface area (Å²) < 4.78 is 20.4. The molecule has 0 unspecified atom stereocenters. The van der Waals surface area contributed by atoms with Crippen LogP contribution in [0.25, 0.3) is 0 Å². The molecule has 0 spiro atoms. The molecule has 1 aliphatic rings. The fourth-order valence-electron chi connectivity index (χ4n) is 3.74. The van der Waals surface area contributed by atoms with Gasteiger partial charge in [0.1, 0.15) is 11.4 Å². The van der Waals surface area contributed by atoms with E-state index < -0.39 is 17.1 Å². The topological polar surface area (TPSA) is 53.3 Å². The number of amides is 1. The lowest BCUT2D eigenvalue weighted by molar-refractivity contribution is -0.0701. The highest BCUT2D eigenvalue weighted by Crippen LogP contribution is 2.43. The Morgan fingerprint density at radius 2 is 1.86 bits per heavy atom. The maximum atomic E-state index is 13.4. The number of nitrogens with zero attached hydrogens (tertiary/aromatic N) is 2. The standard InChI is InChI=1S/C23H24BrFN2O2/c1-22(2,16-26)15-23(18-5-9-20(25)10-6-18)12-14-27(21(28)29-23)13-11-17-3-7-19(24)8-4-17/h3-10H,11-15H2,1-2H3/t23-/m0/s1. The van der Waals surface area contributed by atoms with Crippen LogP contribution in [0, 0.1) is 22.6 Å². The lowest BCUT2D eigenvalue weighted by atomic mass is 9.75. The van der Waals surface area contributed by atoms with E-state index in [0.29, 0.717) is 25.9 Å². The van der Waals surface area contributed by atoms with E-state index in [1.54, 1.807) is 17.0 Å². The normalized spacial score (nSPS) is 19.6. The van der Waals surface area contributed by atoms with Gasteiger partial charge in [0.15, 0.2) is 0 Å². The molecule has 2 aromatic carbocycles. The van der Waals surface area contributed by atoms with Crippen LogP contribution in [-0.4, -0.2) is 24.1 Å². The molecule has 6 heteroatoms. The molecule has 1 atom stereocenters. The summed E-state index contributed by atoms with van der Waals surface area (Å²) in [5, 5.41) is 9.51. The van der Waals surface area contributed by atoms with Crippen LogP contribution >= 0.6 is 15.9 Å². The van der Waals surface area contributed by atoms with E-state index in [1.165, 1.54) is 12.1 Å². The number of halogens is 2. The quantitative estimate of drug-likeness (QED) is 0.548. The maximum Gasteiger partial charge on any atom is 0.410 e. The number of cyclic esters (lactones) is 1. The molecule has 1 saturated heterocycles. The van der Waals surface area contributed by atoms with Crippen molar-refractivity contribution in [3.8, 4) is 6.07 Å². The minimum Gasteiger partial charge on any atom is -0.438 e. The molecule has 0 bridgehead atoms. The minimum absolute atomic E-state index is 0.346. The summed E-state index contributed by atoms with van der Waals surface area (Å²) in [5.74, 6) is -0.346. The van der Waals surface area contributed by atoms with Crippen LogP contribution < -0.4 is 0 Å². The van der Waals surface area contributed by atoms with Crippen LogP contribution in [0.2, 0.25) is 0 Å². The highest BCUT2D eigenvalue weighted by atomic mass is 79.9. The molecular weight excluding hydrogens is 435 g/mol. The lowest BCUT2D eigenvalue weighted by Gasteiger charge is -2.43. The zero-order chi connectivity index (χ0) is 21.1. The number of rotatable bonds is 6. The molecule has 0 aliphatic carbocycles. The lowest BCUT2D eigenvalue weighted by Crippen LogP contribution is -2.50. The molecule has 4 nitrogen and oxygen atoms in total. The van der Waals surface area contributed by atoms with Gasteiger partial charge in [-0.05, 0) is 55.7 Å². The highest BCUT2D eigenvalue weighted by Gasteiger charge is 2.45. The zero-order valence-electron chi connectivity index (χ0n) is 16.6. The van der Waals surface area contributed by atoms with Crippen molar-refractivity contribution in [2.45, 2.75) is 38.7 Å². The molecule has 1 heterocycles. The summed E-state index contributed by atoms with van der Waals surface area (Å²) in [6.07, 6.45) is 1.24. The Morgan fingerprint density at radius 1 is 1.21 bits per heavy atom. The molecule has 3 rings (SSSR count). The van der Waals surface area contributed by atoms with Gasteiger partial charge in [-0.25, -0.2) is 9.18 Å². The van der Waals surface area contributed by atoms with Crippen LogP contribution in [0.3, 0.4) is 0 Å². The molecule has 0 radical (unpaired) electrons. The van der Waals surface area contributed by atoms with Crippen molar-refractivity contribution in [1.82, 2.24) is 4.90 Å². The van der Waals surface area contributed by atoms with Gasteiger partial charge in [0.2, 0.25) is 0 Å². The number of nitriles is 1. The fraction of sp³-hybridized carbons (Fsp3) is 0.391. The van der Waals surface area contributed by atoms with Crippen molar-refractivity contribution < 1.29 is 13.9 Å². The van der Waals surface area contributed by atoms with Crippen molar-refractivity contribution >= 4 is 22.0 Å². The van der Waals surface area contributed by atoms with Crippen molar-refractivity contribution in [3.05, 3.63) is 69.9 Å². The number of carbonyl (C=O) groups is 1. The Labute approximate surface area is 179 Å². The summed E-state index contributed by atoms with van der Waals surface area (Å²) in [4.78, 5) is 14.5. The molecule has 0 N–H and O–H groups in total. The van der Waals surface area contributed by atoms with Gasteiger partial charge >= 0.3 is 6.09 Å². The van der Waals surface area contributed by atoms with E-state index in [1.807, 2.05) is 38.1 Å². The van der Waals surface area contributed by atoms with Gasteiger partial charge < -0.3 is 9.64 Å². The smallest absolute Gasteiger partial charge is 0.410 e.